The van der Waals surface area contributed by atoms with Crippen LogP contribution in [0.4, 0.5) is 0 Å². The van der Waals surface area contributed by atoms with Gasteiger partial charge >= 0.3 is 0 Å². The third-order valence-electron chi connectivity index (χ3n) is 15.6. The van der Waals surface area contributed by atoms with E-state index in [1.54, 1.807) is 0 Å². The van der Waals surface area contributed by atoms with Crippen LogP contribution in [0.5, 0.6) is 0 Å². The minimum absolute atomic E-state index is 0.122. The van der Waals surface area contributed by atoms with Gasteiger partial charge in [-0.05, 0) is 158 Å². The summed E-state index contributed by atoms with van der Waals surface area (Å²) < 4.78 is 12.1. The Hall–Kier alpha value is -10.2. The first-order chi connectivity index (χ1) is 39.3. The molecule has 80 heavy (non-hydrogen) atoms. The van der Waals surface area contributed by atoms with Gasteiger partial charge < -0.3 is 8.83 Å². The number of benzene rings is 13. The van der Waals surface area contributed by atoms with Crippen molar-refractivity contribution in [1.29, 1.82) is 0 Å². The summed E-state index contributed by atoms with van der Waals surface area (Å²) >= 11 is 0. The Morgan fingerprint density at radius 2 is 0.487 bits per heavy atom. The quantitative estimate of drug-likeness (QED) is 0.149. The minimum Gasteiger partial charge on any atom is -0.436 e. The van der Waals surface area contributed by atoms with Gasteiger partial charge in [-0.15, -0.1) is 0 Å². The van der Waals surface area contributed by atoms with E-state index >= 15 is 0 Å². The molecule has 13 aromatic carbocycles. The number of oxazole rings is 2. The molecule has 0 aliphatic carbocycles. The van der Waals surface area contributed by atoms with Gasteiger partial charge in [0.1, 0.15) is 11.0 Å². The number of hydrogen-bond acceptors (Lipinski definition) is 4. The van der Waals surface area contributed by atoms with Crippen LogP contribution < -0.4 is 0 Å². The van der Waals surface area contributed by atoms with E-state index in [9.17, 15) is 0 Å². The third kappa shape index (κ3) is 8.78. The van der Waals surface area contributed by atoms with Crippen molar-refractivity contribution < 1.29 is 8.83 Å². The molecule has 0 N–H and O–H groups in total. The molecule has 0 aliphatic heterocycles. The molecule has 0 bridgehead atoms. The fraction of sp³-hybridized carbons (Fsp3) is 0.0526. The molecule has 0 atom stereocenters. The Bertz CT molecular complexity index is 4580. The second kappa shape index (κ2) is 20.0. The molecule has 2 aromatic heterocycles. The second-order valence-corrected chi connectivity index (χ2v) is 21.6. The zero-order valence-electron chi connectivity index (χ0n) is 44.7. The van der Waals surface area contributed by atoms with E-state index < -0.39 is 0 Å². The first kappa shape index (κ1) is 48.2. The standard InChI is InChI=1S/C39H25NO.C37H29NO/c1-2-10-26(11-3-1)27-18-20-28(21-19-27)37-31-12-4-6-14-33(31)38(34-15-7-5-13-32(34)37)29-22-24-30(25-23-29)39-40-35-16-8-9-17-36(35)41-39;1-37(2,3)27-22-20-25(21-23-27)35-30-12-6-4-10-28(30)34(29-11-5-7-13-31(29)35)24-16-18-26(19-17-24)36-38-32-14-8-9-15-33(32)39-36/h1-25H;4-23H,1-3H3. The summed E-state index contributed by atoms with van der Waals surface area (Å²) in [6.45, 7) is 6.78. The number of para-hydroxylation sites is 4. The lowest BCUT2D eigenvalue weighted by Gasteiger charge is -2.21. The molecular formula is C76H54N2O2. The van der Waals surface area contributed by atoms with Crippen LogP contribution in [0.15, 0.2) is 282 Å². The summed E-state index contributed by atoms with van der Waals surface area (Å²) in [6, 6.07) is 96.7. The van der Waals surface area contributed by atoms with E-state index in [-0.39, 0.29) is 5.41 Å². The summed E-state index contributed by atoms with van der Waals surface area (Å²) in [6.07, 6.45) is 0. The summed E-state index contributed by atoms with van der Waals surface area (Å²) in [5.41, 5.74) is 19.1. The van der Waals surface area contributed by atoms with Crippen molar-refractivity contribution in [3.63, 3.8) is 0 Å². The van der Waals surface area contributed by atoms with Crippen LogP contribution in [0.2, 0.25) is 0 Å². The van der Waals surface area contributed by atoms with Crippen molar-refractivity contribution in [2.45, 2.75) is 26.2 Å². The second-order valence-electron chi connectivity index (χ2n) is 21.6. The number of aromatic nitrogens is 2. The SMILES string of the molecule is CC(C)(C)c1ccc(-c2c3ccccc3c(-c3ccc(-c4nc5ccccc5o4)cc3)c3ccccc23)cc1.c1ccc(-c2ccc(-c3c4ccccc4c(-c4ccc(-c5nc6ccccc6o5)cc4)c4ccccc34)cc2)cc1. The molecule has 0 unspecified atom stereocenters. The highest BCUT2D eigenvalue weighted by molar-refractivity contribution is 6.23. The summed E-state index contributed by atoms with van der Waals surface area (Å²) in [4.78, 5) is 9.37. The number of hydrogen-bond donors (Lipinski definition) is 0. The van der Waals surface area contributed by atoms with Gasteiger partial charge in [-0.25, -0.2) is 9.97 Å². The van der Waals surface area contributed by atoms with Gasteiger partial charge in [0.05, 0.1) is 0 Å². The van der Waals surface area contributed by atoms with E-state index in [1.807, 2.05) is 48.5 Å². The van der Waals surface area contributed by atoms with Crippen molar-refractivity contribution in [3.8, 4) is 78.5 Å². The van der Waals surface area contributed by atoms with Gasteiger partial charge in [-0.2, -0.15) is 0 Å². The zero-order chi connectivity index (χ0) is 53.7. The van der Waals surface area contributed by atoms with Crippen molar-refractivity contribution in [2.24, 2.45) is 0 Å². The molecule has 0 saturated heterocycles. The van der Waals surface area contributed by atoms with E-state index in [4.69, 9.17) is 8.83 Å². The normalized spacial score (nSPS) is 11.7. The lowest BCUT2D eigenvalue weighted by Crippen LogP contribution is -2.10. The smallest absolute Gasteiger partial charge is 0.227 e. The molecule has 0 saturated carbocycles. The highest BCUT2D eigenvalue weighted by Crippen LogP contribution is 2.46. The van der Waals surface area contributed by atoms with E-state index in [2.05, 4.69) is 255 Å². The maximum absolute atomic E-state index is 6.03. The lowest BCUT2D eigenvalue weighted by molar-refractivity contribution is 0.590. The fourth-order valence-corrected chi connectivity index (χ4v) is 11.6. The van der Waals surface area contributed by atoms with Gasteiger partial charge in [0, 0.05) is 11.1 Å². The maximum Gasteiger partial charge on any atom is 0.227 e. The molecule has 380 valence electrons. The molecule has 15 aromatic rings. The molecular weight excluding hydrogens is 973 g/mol. The number of fused-ring (bicyclic) bond motifs is 6. The molecule has 0 fully saturated rings. The van der Waals surface area contributed by atoms with Crippen LogP contribution in [0.3, 0.4) is 0 Å². The summed E-state index contributed by atoms with van der Waals surface area (Å²) in [5.74, 6) is 1.29. The number of rotatable bonds is 7. The van der Waals surface area contributed by atoms with Gasteiger partial charge in [0.25, 0.3) is 0 Å². The van der Waals surface area contributed by atoms with Crippen molar-refractivity contribution >= 4 is 65.3 Å². The van der Waals surface area contributed by atoms with E-state index in [0.717, 1.165) is 33.3 Å². The molecule has 0 amide bonds. The number of nitrogens with zero attached hydrogens (tertiary/aromatic N) is 2. The first-order valence-electron chi connectivity index (χ1n) is 27.4. The van der Waals surface area contributed by atoms with Crippen LogP contribution in [-0.4, -0.2) is 9.97 Å². The van der Waals surface area contributed by atoms with Crippen LogP contribution in [-0.2, 0) is 5.41 Å². The molecule has 0 radical (unpaired) electrons. The van der Waals surface area contributed by atoms with Gasteiger partial charge in [0.2, 0.25) is 11.8 Å². The van der Waals surface area contributed by atoms with Crippen molar-refractivity contribution in [2.75, 3.05) is 0 Å². The average molecular weight is 1030 g/mol. The Labute approximate surface area is 464 Å². The average Bonchev–Trinajstić information content (AvgIpc) is 4.30. The molecule has 15 rings (SSSR count). The fourth-order valence-electron chi connectivity index (χ4n) is 11.6. The summed E-state index contributed by atoms with van der Waals surface area (Å²) in [5, 5.41) is 10.00. The zero-order valence-corrected chi connectivity index (χ0v) is 44.7. The molecule has 2 heterocycles. The minimum atomic E-state index is 0.122. The Morgan fingerprint density at radius 3 is 0.800 bits per heavy atom. The Morgan fingerprint density at radius 1 is 0.237 bits per heavy atom. The molecule has 0 spiro atoms. The van der Waals surface area contributed by atoms with Crippen LogP contribution in [0, 0.1) is 0 Å². The Kier molecular flexibility index (Phi) is 12.1. The van der Waals surface area contributed by atoms with E-state index in [0.29, 0.717) is 11.8 Å². The van der Waals surface area contributed by atoms with Gasteiger partial charge in [-0.1, -0.05) is 245 Å². The van der Waals surface area contributed by atoms with Crippen molar-refractivity contribution in [1.82, 2.24) is 9.97 Å². The highest BCUT2D eigenvalue weighted by atomic mass is 16.4. The van der Waals surface area contributed by atoms with Crippen LogP contribution >= 0.6 is 0 Å². The lowest BCUT2D eigenvalue weighted by atomic mass is 9.83. The Balaban J connectivity index is 0.000000144. The predicted molar refractivity (Wildman–Crippen MR) is 335 cm³/mol. The highest BCUT2D eigenvalue weighted by Gasteiger charge is 2.21. The largest absolute Gasteiger partial charge is 0.436 e. The molecule has 4 heteroatoms. The third-order valence-corrected chi connectivity index (χ3v) is 15.6. The monoisotopic (exact) mass is 1030 g/mol. The first-order valence-corrected chi connectivity index (χ1v) is 27.4. The predicted octanol–water partition coefficient (Wildman–Crippen LogP) is 21.2. The maximum atomic E-state index is 6.03. The van der Waals surface area contributed by atoms with Crippen molar-refractivity contribution in [3.05, 3.63) is 279 Å². The van der Waals surface area contributed by atoms with Crippen LogP contribution in [0.25, 0.3) is 144 Å². The van der Waals surface area contributed by atoms with E-state index in [1.165, 1.54) is 104 Å². The molecule has 4 nitrogen and oxygen atoms in total. The van der Waals surface area contributed by atoms with Crippen LogP contribution in [0.1, 0.15) is 26.3 Å². The molecule has 0 aliphatic rings. The van der Waals surface area contributed by atoms with Gasteiger partial charge in [-0.3, -0.25) is 0 Å². The van der Waals surface area contributed by atoms with Gasteiger partial charge in [0.15, 0.2) is 11.2 Å². The topological polar surface area (TPSA) is 52.1 Å². The summed E-state index contributed by atoms with van der Waals surface area (Å²) in [7, 11) is 0.